The molecule has 2 heteroatoms. The molecule has 6 aliphatic carbocycles. The summed E-state index contributed by atoms with van der Waals surface area (Å²) in [6.07, 6.45) is 7.82. The van der Waals surface area contributed by atoms with E-state index in [1.165, 1.54) is 31.2 Å². The predicted molar refractivity (Wildman–Crippen MR) is 141 cm³/mol. The van der Waals surface area contributed by atoms with Crippen LogP contribution in [0.4, 0.5) is 0 Å². The van der Waals surface area contributed by atoms with E-state index in [2.05, 4.69) is 91.5 Å². The maximum Gasteiger partial charge on any atom is 0.300 e. The molecular formula is C31H47BO. The summed E-state index contributed by atoms with van der Waals surface area (Å²) in [7, 11) is 0. The van der Waals surface area contributed by atoms with Gasteiger partial charge in [-0.3, -0.25) is 0 Å². The molecule has 6 aliphatic rings. The molecule has 0 spiro atoms. The van der Waals surface area contributed by atoms with Crippen LogP contribution in [0.1, 0.15) is 85.8 Å². The first kappa shape index (κ1) is 23.7. The van der Waals surface area contributed by atoms with Crippen LogP contribution in [0.2, 0.25) is 11.6 Å². The molecule has 1 aromatic carbocycles. The quantitative estimate of drug-likeness (QED) is 0.301. The fraction of sp³-hybridized carbons (Fsp3) is 0.742. The van der Waals surface area contributed by atoms with Crippen molar-refractivity contribution >= 4 is 6.92 Å². The third-order valence-electron chi connectivity index (χ3n) is 12.0. The average Bonchev–Trinajstić information content (AvgIpc) is 2.80. The summed E-state index contributed by atoms with van der Waals surface area (Å²) in [6.45, 7) is 22.1. The summed E-state index contributed by atoms with van der Waals surface area (Å²) in [5.41, 5.74) is 2.37. The normalized spacial score (nSPS) is 41.8. The Balaban J connectivity index is 1.47. The van der Waals surface area contributed by atoms with Crippen LogP contribution in [0.25, 0.3) is 0 Å². The van der Waals surface area contributed by atoms with E-state index in [1.807, 2.05) is 0 Å². The SMILES string of the molecule is C=C[C@H](C)[C@H](OB([C@@H]1C[C@@H]2C[C@H]([C@H]1C)C2(C)C)[C@@H]1C[C@@H]2C[C@H]([C@H]1C)C2(C)C)c1ccccc1. The number of rotatable bonds is 7. The van der Waals surface area contributed by atoms with Crippen molar-refractivity contribution in [3.05, 3.63) is 48.6 Å². The van der Waals surface area contributed by atoms with Crippen LogP contribution in [0.15, 0.2) is 43.0 Å². The third kappa shape index (κ3) is 3.60. The standard InChI is InChI=1S/C31H47BO/c1-9-19(2)29(22-13-11-10-12-14-22)33-32(27-17-23-15-25(20(27)3)30(23,5)6)28-18-24-16-26(21(28)4)31(24,7)8/h9-14,19-21,23-29H,1,15-18H2,2-8H3/t19-,20+,21+,23-,24-,25+,26+,27+,28+,29-/m0/s1. The van der Waals surface area contributed by atoms with Gasteiger partial charge < -0.3 is 4.65 Å². The average molecular weight is 447 g/mol. The summed E-state index contributed by atoms with van der Waals surface area (Å²) in [5, 5.41) is 0. The van der Waals surface area contributed by atoms with E-state index in [0.29, 0.717) is 35.3 Å². The summed E-state index contributed by atoms with van der Waals surface area (Å²) in [4.78, 5) is 0. The monoisotopic (exact) mass is 446 g/mol. The molecule has 4 bridgehead atoms. The smallest absolute Gasteiger partial charge is 0.300 e. The van der Waals surface area contributed by atoms with Crippen LogP contribution < -0.4 is 0 Å². The molecule has 0 amide bonds. The number of hydrogen-bond donors (Lipinski definition) is 0. The van der Waals surface area contributed by atoms with Crippen molar-refractivity contribution in [2.24, 2.45) is 52.3 Å². The minimum atomic E-state index is 0.102. The van der Waals surface area contributed by atoms with E-state index in [1.54, 1.807) is 0 Å². The Hall–Kier alpha value is -1.02. The lowest BCUT2D eigenvalue weighted by Crippen LogP contribution is -2.60. The van der Waals surface area contributed by atoms with E-state index >= 15 is 0 Å². The lowest BCUT2D eigenvalue weighted by atomic mass is 9.27. The van der Waals surface area contributed by atoms with Gasteiger partial charge in [0.25, 0.3) is 0 Å². The number of hydrogen-bond acceptors (Lipinski definition) is 1. The van der Waals surface area contributed by atoms with Crippen LogP contribution in [0.3, 0.4) is 0 Å². The van der Waals surface area contributed by atoms with Gasteiger partial charge in [0.05, 0.1) is 6.10 Å². The van der Waals surface area contributed by atoms with Gasteiger partial charge in [0.1, 0.15) is 0 Å². The maximum atomic E-state index is 7.41. The van der Waals surface area contributed by atoms with Crippen molar-refractivity contribution < 1.29 is 4.65 Å². The van der Waals surface area contributed by atoms with Crippen LogP contribution in [0, 0.1) is 52.3 Å². The van der Waals surface area contributed by atoms with Gasteiger partial charge in [-0.05, 0) is 76.4 Å². The summed E-state index contributed by atoms with van der Waals surface area (Å²) >= 11 is 0. The Bertz CT molecular complexity index is 817. The van der Waals surface area contributed by atoms with Gasteiger partial charge in [-0.25, -0.2) is 0 Å². The Morgan fingerprint density at radius 1 is 0.879 bits per heavy atom. The zero-order valence-electron chi connectivity index (χ0n) is 22.3. The molecule has 33 heavy (non-hydrogen) atoms. The Morgan fingerprint density at radius 2 is 1.36 bits per heavy atom. The van der Waals surface area contributed by atoms with Gasteiger partial charge in [-0.15, -0.1) is 6.58 Å². The Kier molecular flexibility index (Phi) is 5.95. The number of benzene rings is 1. The molecule has 0 unspecified atom stereocenters. The molecule has 6 saturated carbocycles. The number of fused-ring (bicyclic) bond motifs is 4. The molecule has 1 nitrogen and oxygen atoms in total. The van der Waals surface area contributed by atoms with Gasteiger partial charge in [0.15, 0.2) is 0 Å². The van der Waals surface area contributed by atoms with Crippen LogP contribution >= 0.6 is 0 Å². The van der Waals surface area contributed by atoms with E-state index in [9.17, 15) is 0 Å². The van der Waals surface area contributed by atoms with Gasteiger partial charge in [-0.1, -0.05) is 97.7 Å². The molecule has 0 aliphatic heterocycles. The van der Waals surface area contributed by atoms with Crippen molar-refractivity contribution in [3.63, 3.8) is 0 Å². The van der Waals surface area contributed by atoms with E-state index in [-0.39, 0.29) is 6.10 Å². The molecule has 180 valence electrons. The van der Waals surface area contributed by atoms with Gasteiger partial charge in [0, 0.05) is 5.92 Å². The first-order valence-corrected chi connectivity index (χ1v) is 13.9. The van der Waals surface area contributed by atoms with Crippen LogP contribution in [-0.2, 0) is 4.65 Å². The zero-order valence-corrected chi connectivity index (χ0v) is 22.3. The molecule has 10 atom stereocenters. The molecule has 0 saturated heterocycles. The van der Waals surface area contributed by atoms with Crippen LogP contribution in [-0.4, -0.2) is 6.92 Å². The highest BCUT2D eigenvalue weighted by Gasteiger charge is 2.63. The molecule has 7 rings (SSSR count). The fourth-order valence-corrected chi connectivity index (χ4v) is 9.21. The van der Waals surface area contributed by atoms with Gasteiger partial charge in [0.2, 0.25) is 0 Å². The molecular weight excluding hydrogens is 399 g/mol. The van der Waals surface area contributed by atoms with Crippen molar-refractivity contribution in [2.75, 3.05) is 0 Å². The predicted octanol–water partition coefficient (Wildman–Crippen LogP) is 8.70. The second-order valence-corrected chi connectivity index (χ2v) is 13.8. The largest absolute Gasteiger partial charge is 0.428 e. The van der Waals surface area contributed by atoms with E-state index < -0.39 is 0 Å². The van der Waals surface area contributed by atoms with Crippen molar-refractivity contribution in [3.8, 4) is 0 Å². The minimum Gasteiger partial charge on any atom is -0.428 e. The molecule has 0 heterocycles. The summed E-state index contributed by atoms with van der Waals surface area (Å²) in [5.74, 6) is 6.69. The second kappa shape index (κ2) is 8.29. The van der Waals surface area contributed by atoms with Crippen LogP contribution in [0.5, 0.6) is 0 Å². The summed E-state index contributed by atoms with van der Waals surface area (Å²) < 4.78 is 7.41. The molecule has 0 aromatic heterocycles. The maximum absolute atomic E-state index is 7.41. The minimum absolute atomic E-state index is 0.102. The third-order valence-corrected chi connectivity index (χ3v) is 12.0. The lowest BCUT2D eigenvalue weighted by molar-refractivity contribution is -0.112. The van der Waals surface area contributed by atoms with Crippen molar-refractivity contribution in [2.45, 2.75) is 91.9 Å². The van der Waals surface area contributed by atoms with E-state index in [4.69, 9.17) is 4.65 Å². The molecule has 0 N–H and O–H groups in total. The van der Waals surface area contributed by atoms with Gasteiger partial charge >= 0.3 is 6.92 Å². The van der Waals surface area contributed by atoms with Crippen molar-refractivity contribution in [1.29, 1.82) is 0 Å². The Labute approximate surface area is 204 Å². The highest BCUT2D eigenvalue weighted by atomic mass is 16.4. The second-order valence-electron chi connectivity index (χ2n) is 13.8. The topological polar surface area (TPSA) is 9.23 Å². The Morgan fingerprint density at radius 3 is 1.76 bits per heavy atom. The van der Waals surface area contributed by atoms with Crippen molar-refractivity contribution in [1.82, 2.24) is 0 Å². The fourth-order valence-electron chi connectivity index (χ4n) is 9.21. The van der Waals surface area contributed by atoms with Gasteiger partial charge in [-0.2, -0.15) is 0 Å². The van der Waals surface area contributed by atoms with E-state index in [0.717, 1.165) is 35.5 Å². The molecule has 0 radical (unpaired) electrons. The highest BCUT2D eigenvalue weighted by Crippen LogP contribution is 2.69. The molecule has 6 fully saturated rings. The lowest BCUT2D eigenvalue weighted by Gasteiger charge is -2.66. The summed E-state index contributed by atoms with van der Waals surface area (Å²) in [6, 6.07) is 11.0. The molecule has 1 aromatic rings. The highest BCUT2D eigenvalue weighted by molar-refractivity contribution is 6.55. The zero-order chi connectivity index (χ0) is 23.7. The first-order chi connectivity index (χ1) is 15.6. The first-order valence-electron chi connectivity index (χ1n) is 13.9.